The Morgan fingerprint density at radius 2 is 1.82 bits per heavy atom. The maximum Gasteiger partial charge on any atom is 0.326 e. The van der Waals surface area contributed by atoms with Crippen molar-refractivity contribution in [3.05, 3.63) is 88.5 Å². The maximum absolute atomic E-state index is 12.6. The highest BCUT2D eigenvalue weighted by molar-refractivity contribution is 6.31. The summed E-state index contributed by atoms with van der Waals surface area (Å²) in [5.74, 6) is -0.658. The van der Waals surface area contributed by atoms with Gasteiger partial charge in [-0.05, 0) is 23.6 Å². The lowest BCUT2D eigenvalue weighted by atomic mass is 9.92. The van der Waals surface area contributed by atoms with Crippen molar-refractivity contribution in [3.8, 4) is 0 Å². The quantitative estimate of drug-likeness (QED) is 0.322. The van der Waals surface area contributed by atoms with Crippen molar-refractivity contribution in [2.75, 3.05) is 0 Å². The highest BCUT2D eigenvalue weighted by Crippen LogP contribution is 2.33. The van der Waals surface area contributed by atoms with Gasteiger partial charge in [0.2, 0.25) is 5.91 Å². The Morgan fingerprint density at radius 1 is 1.09 bits per heavy atom. The van der Waals surface area contributed by atoms with Crippen LogP contribution in [0.5, 0.6) is 0 Å². The number of rotatable bonds is 12. The van der Waals surface area contributed by atoms with Gasteiger partial charge >= 0.3 is 5.97 Å². The number of hydrogen-bond acceptors (Lipinski definition) is 3. The first-order valence-corrected chi connectivity index (χ1v) is 11.7. The van der Waals surface area contributed by atoms with Crippen LogP contribution in [0.25, 0.3) is 0 Å². The van der Waals surface area contributed by atoms with Gasteiger partial charge in [0.25, 0.3) is 0 Å². The molecule has 1 heterocycles. The van der Waals surface area contributed by atoms with Gasteiger partial charge in [0.15, 0.2) is 0 Å². The standard InChI is InChI=1S/C26H30ClN3O3/c1-2-3-5-13-21(20-12-8-9-14-22(20)27)25-28-17-19(29-25)16-24(31)30-23(26(32)33)15-18-10-6-4-7-11-18/h4,6-12,14,17,21,23H,2-3,5,13,15-16H2,1H3,(H,28,29)(H,30,31)(H,32,33)/t21?,23-/m0/s1. The number of aliphatic carboxylic acids is 1. The summed E-state index contributed by atoms with van der Waals surface area (Å²) < 4.78 is 0. The minimum atomic E-state index is -1.06. The first-order chi connectivity index (χ1) is 16.0. The molecule has 0 aliphatic rings. The van der Waals surface area contributed by atoms with Crippen LogP contribution in [0.4, 0.5) is 0 Å². The van der Waals surface area contributed by atoms with E-state index in [9.17, 15) is 14.7 Å². The summed E-state index contributed by atoms with van der Waals surface area (Å²) in [6.45, 7) is 2.16. The zero-order valence-corrected chi connectivity index (χ0v) is 19.5. The number of H-pyrrole nitrogens is 1. The fourth-order valence-corrected chi connectivity index (χ4v) is 4.17. The highest BCUT2D eigenvalue weighted by Gasteiger charge is 2.23. The maximum atomic E-state index is 12.6. The minimum absolute atomic E-state index is 0.00640. The molecule has 0 spiro atoms. The number of aromatic nitrogens is 2. The van der Waals surface area contributed by atoms with Crippen LogP contribution in [0.15, 0.2) is 60.8 Å². The molecule has 0 bridgehead atoms. The summed E-state index contributed by atoms with van der Waals surface area (Å²) in [7, 11) is 0. The van der Waals surface area contributed by atoms with E-state index in [4.69, 9.17) is 11.6 Å². The summed E-state index contributed by atoms with van der Waals surface area (Å²) in [6, 6.07) is 16.0. The van der Waals surface area contributed by atoms with E-state index in [1.807, 2.05) is 54.6 Å². The largest absolute Gasteiger partial charge is 0.480 e. The Labute approximate surface area is 199 Å². The molecular formula is C26H30ClN3O3. The molecule has 33 heavy (non-hydrogen) atoms. The van der Waals surface area contributed by atoms with Crippen LogP contribution in [0.3, 0.4) is 0 Å². The van der Waals surface area contributed by atoms with Gasteiger partial charge in [-0.2, -0.15) is 0 Å². The molecular weight excluding hydrogens is 438 g/mol. The minimum Gasteiger partial charge on any atom is -0.480 e. The van der Waals surface area contributed by atoms with E-state index in [2.05, 4.69) is 22.2 Å². The van der Waals surface area contributed by atoms with E-state index in [-0.39, 0.29) is 24.7 Å². The summed E-state index contributed by atoms with van der Waals surface area (Å²) >= 11 is 6.46. The summed E-state index contributed by atoms with van der Waals surface area (Å²) in [5.41, 5.74) is 2.50. The molecule has 2 aromatic carbocycles. The van der Waals surface area contributed by atoms with Crippen molar-refractivity contribution in [2.45, 2.75) is 57.4 Å². The van der Waals surface area contributed by atoms with Crippen molar-refractivity contribution in [3.63, 3.8) is 0 Å². The van der Waals surface area contributed by atoms with E-state index in [0.717, 1.165) is 42.6 Å². The van der Waals surface area contributed by atoms with Crippen molar-refractivity contribution in [2.24, 2.45) is 0 Å². The molecule has 0 aliphatic heterocycles. The SMILES string of the molecule is CCCCCC(c1ncc(CC(=O)N[C@@H](Cc2ccccc2)C(=O)O)[nH]1)c1ccccc1Cl. The second-order valence-corrected chi connectivity index (χ2v) is 8.60. The molecule has 0 aliphatic carbocycles. The smallest absolute Gasteiger partial charge is 0.326 e. The van der Waals surface area contributed by atoms with Gasteiger partial charge < -0.3 is 15.4 Å². The Bertz CT molecular complexity index is 1050. The molecule has 0 fully saturated rings. The number of imidazole rings is 1. The molecule has 7 heteroatoms. The van der Waals surface area contributed by atoms with Gasteiger partial charge in [-0.15, -0.1) is 0 Å². The number of carbonyl (C=O) groups excluding carboxylic acids is 1. The van der Waals surface area contributed by atoms with Crippen LogP contribution in [0.2, 0.25) is 5.02 Å². The van der Waals surface area contributed by atoms with Crippen LogP contribution in [0, 0.1) is 0 Å². The zero-order valence-electron chi connectivity index (χ0n) is 18.8. The van der Waals surface area contributed by atoms with Crippen molar-refractivity contribution >= 4 is 23.5 Å². The molecule has 2 atom stereocenters. The van der Waals surface area contributed by atoms with Crippen LogP contribution < -0.4 is 5.32 Å². The van der Waals surface area contributed by atoms with Gasteiger partial charge in [0, 0.05) is 29.3 Å². The molecule has 0 saturated heterocycles. The molecule has 3 rings (SSSR count). The van der Waals surface area contributed by atoms with Gasteiger partial charge in [-0.25, -0.2) is 9.78 Å². The zero-order chi connectivity index (χ0) is 23.6. The van der Waals surface area contributed by atoms with Gasteiger partial charge in [-0.3, -0.25) is 4.79 Å². The number of carbonyl (C=O) groups is 2. The molecule has 6 nitrogen and oxygen atoms in total. The normalized spacial score (nSPS) is 12.8. The van der Waals surface area contributed by atoms with Crippen LogP contribution in [0.1, 0.15) is 61.2 Å². The fourth-order valence-electron chi connectivity index (χ4n) is 3.91. The summed E-state index contributed by atoms with van der Waals surface area (Å²) in [6.07, 6.45) is 6.07. The Balaban J connectivity index is 1.68. The molecule has 3 aromatic rings. The van der Waals surface area contributed by atoms with E-state index in [0.29, 0.717) is 10.7 Å². The van der Waals surface area contributed by atoms with E-state index in [1.54, 1.807) is 6.20 Å². The molecule has 0 radical (unpaired) electrons. The molecule has 3 N–H and O–H groups in total. The first-order valence-electron chi connectivity index (χ1n) is 11.3. The Hall–Kier alpha value is -3.12. The van der Waals surface area contributed by atoms with Gasteiger partial charge in [-0.1, -0.05) is 86.3 Å². The number of carboxylic acid groups (broad SMARTS) is 1. The third-order valence-electron chi connectivity index (χ3n) is 5.62. The summed E-state index contributed by atoms with van der Waals surface area (Å²) in [5, 5.41) is 12.9. The number of benzene rings is 2. The van der Waals surface area contributed by atoms with Crippen molar-refractivity contribution < 1.29 is 14.7 Å². The van der Waals surface area contributed by atoms with E-state index < -0.39 is 12.0 Å². The van der Waals surface area contributed by atoms with Crippen LogP contribution in [-0.2, 0) is 22.4 Å². The van der Waals surface area contributed by atoms with Gasteiger partial charge in [0.1, 0.15) is 11.9 Å². The Kier molecular flexibility index (Phi) is 9.07. The third kappa shape index (κ3) is 7.19. The average Bonchev–Trinajstić information content (AvgIpc) is 3.25. The number of nitrogens with zero attached hydrogens (tertiary/aromatic N) is 1. The topological polar surface area (TPSA) is 95.1 Å². The fraction of sp³-hybridized carbons (Fsp3) is 0.346. The lowest BCUT2D eigenvalue weighted by molar-refractivity contribution is -0.141. The van der Waals surface area contributed by atoms with Gasteiger partial charge in [0.05, 0.1) is 6.42 Å². The number of unbranched alkanes of at least 4 members (excludes halogenated alkanes) is 2. The van der Waals surface area contributed by atoms with Crippen molar-refractivity contribution in [1.29, 1.82) is 0 Å². The molecule has 174 valence electrons. The molecule has 0 saturated carbocycles. The third-order valence-corrected chi connectivity index (χ3v) is 5.97. The van der Waals surface area contributed by atoms with E-state index in [1.165, 1.54) is 0 Å². The molecule has 1 amide bonds. The lowest BCUT2D eigenvalue weighted by Crippen LogP contribution is -2.43. The lowest BCUT2D eigenvalue weighted by Gasteiger charge is -2.17. The van der Waals surface area contributed by atoms with E-state index >= 15 is 0 Å². The predicted octanol–water partition coefficient (Wildman–Crippen LogP) is 5.13. The number of hydrogen-bond donors (Lipinski definition) is 3. The van der Waals surface area contributed by atoms with Crippen molar-refractivity contribution in [1.82, 2.24) is 15.3 Å². The highest BCUT2D eigenvalue weighted by atomic mass is 35.5. The molecule has 1 aromatic heterocycles. The second kappa shape index (κ2) is 12.2. The number of carboxylic acids is 1. The number of amides is 1. The second-order valence-electron chi connectivity index (χ2n) is 8.19. The summed E-state index contributed by atoms with van der Waals surface area (Å²) in [4.78, 5) is 32.0. The predicted molar refractivity (Wildman–Crippen MR) is 129 cm³/mol. The number of nitrogens with one attached hydrogen (secondary N) is 2. The number of halogens is 1. The molecule has 1 unspecified atom stereocenters. The first kappa shape index (κ1) is 24.5. The average molecular weight is 468 g/mol. The monoisotopic (exact) mass is 467 g/mol. The number of aromatic amines is 1. The van der Waals surface area contributed by atoms with Crippen LogP contribution in [-0.4, -0.2) is 33.0 Å². The van der Waals surface area contributed by atoms with Crippen LogP contribution >= 0.6 is 11.6 Å². The Morgan fingerprint density at radius 3 is 2.52 bits per heavy atom.